The molecule has 0 saturated carbocycles. The van der Waals surface area contributed by atoms with E-state index < -0.39 is 17.7 Å². The summed E-state index contributed by atoms with van der Waals surface area (Å²) >= 11 is 0. The number of esters is 2. The third-order valence-electron chi connectivity index (χ3n) is 4.23. The van der Waals surface area contributed by atoms with Crippen LogP contribution in [0, 0.1) is 0 Å². The van der Waals surface area contributed by atoms with Gasteiger partial charge in [-0.1, -0.05) is 12.1 Å². The molecule has 2 N–H and O–H groups in total. The van der Waals surface area contributed by atoms with Gasteiger partial charge in [0.1, 0.15) is 0 Å². The Hall–Kier alpha value is -2.91. The highest BCUT2D eigenvalue weighted by atomic mass is 16.7. The van der Waals surface area contributed by atoms with Gasteiger partial charge in [0.15, 0.2) is 5.57 Å². The molecule has 2 fully saturated rings. The zero-order valence-electron chi connectivity index (χ0n) is 15.8. The second kappa shape index (κ2) is 8.41. The molecule has 2 saturated heterocycles. The second-order valence-electron chi connectivity index (χ2n) is 6.82. The first-order valence-corrected chi connectivity index (χ1v) is 8.96. The number of carbonyl (C=O) groups is 3. The van der Waals surface area contributed by atoms with Crippen LogP contribution >= 0.6 is 0 Å². The Bertz CT molecular complexity index is 777. The maximum absolute atomic E-state index is 12.6. The molecule has 0 unspecified atom stereocenters. The van der Waals surface area contributed by atoms with Crippen molar-refractivity contribution in [3.63, 3.8) is 0 Å². The first kappa shape index (κ1) is 19.8. The molecular weight excluding hydrogens is 366 g/mol. The number of nitrogens with one attached hydrogen (secondary N) is 2. The number of carbonyl (C=O) groups excluding carboxylic acids is 3. The van der Waals surface area contributed by atoms with Gasteiger partial charge in [-0.3, -0.25) is 9.69 Å². The predicted molar refractivity (Wildman–Crippen MR) is 99.1 cm³/mol. The van der Waals surface area contributed by atoms with Crippen LogP contribution in [-0.4, -0.2) is 61.5 Å². The summed E-state index contributed by atoms with van der Waals surface area (Å²) in [5.41, 5.74) is 0.549. The number of amides is 1. The van der Waals surface area contributed by atoms with E-state index in [9.17, 15) is 14.4 Å². The monoisotopic (exact) mass is 389 g/mol. The van der Waals surface area contributed by atoms with Crippen LogP contribution < -0.4 is 10.6 Å². The largest absolute Gasteiger partial charge is 0.419 e. The molecule has 0 bridgehead atoms. The van der Waals surface area contributed by atoms with E-state index in [1.165, 1.54) is 20.0 Å². The Balaban J connectivity index is 1.67. The van der Waals surface area contributed by atoms with Gasteiger partial charge in [0, 0.05) is 33.1 Å². The van der Waals surface area contributed by atoms with Crippen LogP contribution in [-0.2, 0) is 23.8 Å². The molecule has 0 radical (unpaired) electrons. The third kappa shape index (κ3) is 4.87. The van der Waals surface area contributed by atoms with Crippen LogP contribution in [0.2, 0.25) is 0 Å². The predicted octanol–water partition coefficient (Wildman–Crippen LogP) is 0.838. The first-order chi connectivity index (χ1) is 13.4. The van der Waals surface area contributed by atoms with Crippen molar-refractivity contribution >= 4 is 23.5 Å². The van der Waals surface area contributed by atoms with Crippen molar-refractivity contribution in [2.45, 2.75) is 19.6 Å². The maximum Gasteiger partial charge on any atom is 0.350 e. The van der Waals surface area contributed by atoms with Gasteiger partial charge in [0.2, 0.25) is 0 Å². The highest BCUT2D eigenvalue weighted by molar-refractivity contribution is 6.15. The van der Waals surface area contributed by atoms with Gasteiger partial charge in [-0.15, -0.1) is 0 Å². The summed E-state index contributed by atoms with van der Waals surface area (Å²) in [5.74, 6) is -3.16. The van der Waals surface area contributed by atoms with Crippen LogP contribution in [0.3, 0.4) is 0 Å². The summed E-state index contributed by atoms with van der Waals surface area (Å²) in [7, 11) is 0. The summed E-state index contributed by atoms with van der Waals surface area (Å²) in [5, 5.41) is 5.69. The van der Waals surface area contributed by atoms with E-state index in [4.69, 9.17) is 14.2 Å². The summed E-state index contributed by atoms with van der Waals surface area (Å²) in [6, 6.07) is 6.79. The second-order valence-corrected chi connectivity index (χ2v) is 6.82. The summed E-state index contributed by atoms with van der Waals surface area (Å²) in [6.07, 6.45) is 1.19. The molecule has 0 aromatic heterocycles. The lowest BCUT2D eigenvalue weighted by atomic mass is 10.1. The Morgan fingerprint density at radius 2 is 1.79 bits per heavy atom. The highest BCUT2D eigenvalue weighted by Gasteiger charge is 2.39. The van der Waals surface area contributed by atoms with Crippen molar-refractivity contribution < 1.29 is 28.6 Å². The highest BCUT2D eigenvalue weighted by Crippen LogP contribution is 2.23. The minimum absolute atomic E-state index is 0.275. The standard InChI is InChI=1S/C19H23N3O6/c1-19(2)27-17(24)14(18(25)28-19)11-20-15-6-4-3-5-13(15)16(23)21-12-22-7-9-26-10-8-22/h3-6,11,20H,7-10,12H2,1-2H3,(H,21,23). The molecule has 1 aromatic carbocycles. The number of rotatable bonds is 5. The van der Waals surface area contributed by atoms with Gasteiger partial charge < -0.3 is 24.8 Å². The number of hydrogen-bond donors (Lipinski definition) is 2. The lowest BCUT2D eigenvalue weighted by Crippen LogP contribution is -2.43. The fourth-order valence-electron chi connectivity index (χ4n) is 2.77. The summed E-state index contributed by atoms with van der Waals surface area (Å²) in [6.45, 7) is 6.16. The molecule has 2 aliphatic heterocycles. The molecule has 9 nitrogen and oxygen atoms in total. The molecule has 150 valence electrons. The number of hydrogen-bond acceptors (Lipinski definition) is 8. The number of benzene rings is 1. The number of anilines is 1. The van der Waals surface area contributed by atoms with E-state index in [0.717, 1.165) is 13.1 Å². The molecule has 1 aromatic rings. The average molecular weight is 389 g/mol. The van der Waals surface area contributed by atoms with Gasteiger partial charge in [0.25, 0.3) is 11.7 Å². The molecule has 3 rings (SSSR count). The Morgan fingerprint density at radius 1 is 1.14 bits per heavy atom. The first-order valence-electron chi connectivity index (χ1n) is 8.96. The van der Waals surface area contributed by atoms with Crippen LogP contribution in [0.5, 0.6) is 0 Å². The van der Waals surface area contributed by atoms with Gasteiger partial charge in [-0.2, -0.15) is 0 Å². The van der Waals surface area contributed by atoms with E-state index in [1.807, 2.05) is 0 Å². The summed E-state index contributed by atoms with van der Waals surface area (Å²) in [4.78, 5) is 38.7. The van der Waals surface area contributed by atoms with Gasteiger partial charge >= 0.3 is 11.9 Å². The van der Waals surface area contributed by atoms with Crippen LogP contribution in [0.15, 0.2) is 36.0 Å². The van der Waals surface area contributed by atoms with E-state index in [1.54, 1.807) is 24.3 Å². The van der Waals surface area contributed by atoms with Crippen LogP contribution in [0.1, 0.15) is 24.2 Å². The van der Waals surface area contributed by atoms with Gasteiger partial charge in [-0.25, -0.2) is 9.59 Å². The maximum atomic E-state index is 12.6. The molecule has 28 heavy (non-hydrogen) atoms. The van der Waals surface area contributed by atoms with Crippen molar-refractivity contribution in [3.05, 3.63) is 41.6 Å². The van der Waals surface area contributed by atoms with E-state index in [2.05, 4.69) is 15.5 Å². The zero-order chi connectivity index (χ0) is 20.1. The van der Waals surface area contributed by atoms with Crippen molar-refractivity contribution in [2.24, 2.45) is 0 Å². The molecule has 0 spiro atoms. The minimum Gasteiger partial charge on any atom is -0.419 e. The van der Waals surface area contributed by atoms with E-state index in [-0.39, 0.29) is 11.5 Å². The third-order valence-corrected chi connectivity index (χ3v) is 4.23. The van der Waals surface area contributed by atoms with Gasteiger partial charge in [-0.05, 0) is 12.1 Å². The SMILES string of the molecule is CC1(C)OC(=O)C(=CNc2ccccc2C(=O)NCN2CCOCC2)C(=O)O1. The molecule has 0 atom stereocenters. The quantitative estimate of drug-likeness (QED) is 0.434. The normalized spacial score (nSPS) is 19.4. The number of para-hydroxylation sites is 1. The van der Waals surface area contributed by atoms with E-state index in [0.29, 0.717) is 31.1 Å². The summed E-state index contributed by atoms with van der Waals surface area (Å²) < 4.78 is 15.4. The van der Waals surface area contributed by atoms with Gasteiger partial charge in [0.05, 0.1) is 31.1 Å². The molecule has 1 amide bonds. The van der Waals surface area contributed by atoms with E-state index >= 15 is 0 Å². The molecule has 0 aliphatic carbocycles. The molecule has 2 aliphatic rings. The van der Waals surface area contributed by atoms with Crippen molar-refractivity contribution in [1.82, 2.24) is 10.2 Å². The van der Waals surface area contributed by atoms with Crippen LogP contribution in [0.25, 0.3) is 0 Å². The smallest absolute Gasteiger partial charge is 0.350 e. The Morgan fingerprint density at radius 3 is 2.46 bits per heavy atom. The number of morpholine rings is 1. The fraction of sp³-hybridized carbons (Fsp3) is 0.421. The van der Waals surface area contributed by atoms with Crippen molar-refractivity contribution in [1.29, 1.82) is 0 Å². The lowest BCUT2D eigenvalue weighted by Gasteiger charge is -2.29. The Labute approximate surface area is 162 Å². The Kier molecular flexibility index (Phi) is 5.96. The minimum atomic E-state index is -1.30. The molecule has 2 heterocycles. The molecular formula is C19H23N3O6. The number of cyclic esters (lactones) is 2. The number of ether oxygens (including phenoxy) is 3. The lowest BCUT2D eigenvalue weighted by molar-refractivity contribution is -0.222. The zero-order valence-corrected chi connectivity index (χ0v) is 15.8. The van der Waals surface area contributed by atoms with Crippen LogP contribution in [0.4, 0.5) is 5.69 Å². The van der Waals surface area contributed by atoms with Crippen molar-refractivity contribution in [3.8, 4) is 0 Å². The topological polar surface area (TPSA) is 106 Å². The average Bonchev–Trinajstić information content (AvgIpc) is 2.65. The van der Waals surface area contributed by atoms with Crippen molar-refractivity contribution in [2.75, 3.05) is 38.3 Å². The molecule has 9 heteroatoms. The number of nitrogens with zero attached hydrogens (tertiary/aromatic N) is 1. The fourth-order valence-corrected chi connectivity index (χ4v) is 2.77.